The molecule has 1 aliphatic heterocycles. The second kappa shape index (κ2) is 7.82. The van der Waals surface area contributed by atoms with E-state index in [1.165, 1.54) is 6.42 Å². The monoisotopic (exact) mass is 215 g/mol. The van der Waals surface area contributed by atoms with Gasteiger partial charge in [-0.05, 0) is 25.2 Å². The zero-order valence-corrected chi connectivity index (χ0v) is 8.98. The van der Waals surface area contributed by atoms with E-state index in [0.29, 0.717) is 6.42 Å². The third-order valence-corrected chi connectivity index (χ3v) is 1.34. The maximum atomic E-state index is 10.5. The van der Waals surface area contributed by atoms with E-state index < -0.39 is 0 Å². The number of nitrogens with zero attached hydrogens (tertiary/aromatic N) is 1. The summed E-state index contributed by atoms with van der Waals surface area (Å²) in [5, 5.41) is 10.5. The molecule has 4 heteroatoms. The minimum atomic E-state index is 0. The summed E-state index contributed by atoms with van der Waals surface area (Å²) in [7, 11) is 0. The molecule has 0 spiro atoms. The molecule has 0 unspecified atom stereocenters. The van der Waals surface area contributed by atoms with Gasteiger partial charge in [-0.1, -0.05) is 6.42 Å². The van der Waals surface area contributed by atoms with Crippen molar-refractivity contribution in [2.24, 2.45) is 4.99 Å². The molecule has 0 radical (unpaired) electrons. The van der Waals surface area contributed by atoms with Crippen molar-refractivity contribution in [2.45, 2.75) is 25.7 Å². The zero-order valence-electron chi connectivity index (χ0n) is 5.98. The van der Waals surface area contributed by atoms with Crippen molar-refractivity contribution >= 4 is 29.0 Å². The average molecular weight is 216 g/mol. The Hall–Kier alpha value is 0.716. The molecule has 1 aliphatic rings. The van der Waals surface area contributed by atoms with Gasteiger partial charge in [0.2, 0.25) is 0 Å². The molecule has 0 fully saturated rings. The Balaban J connectivity index is 0. The number of rotatable bonds is 0. The van der Waals surface area contributed by atoms with E-state index >= 15 is 0 Å². The van der Waals surface area contributed by atoms with Gasteiger partial charge in [0.1, 0.15) is 0 Å². The summed E-state index contributed by atoms with van der Waals surface area (Å²) in [6.45, 7) is 0.763. The second-order valence-corrected chi connectivity index (χ2v) is 2.09. The van der Waals surface area contributed by atoms with Gasteiger partial charge in [0.15, 0.2) is 0 Å². The third kappa shape index (κ3) is 5.50. The first-order valence-corrected chi connectivity index (χ1v) is 3.10. The fourth-order valence-corrected chi connectivity index (χ4v) is 0.848. The van der Waals surface area contributed by atoms with Crippen LogP contribution < -0.4 is 22.1 Å². The molecule has 0 aromatic rings. The smallest absolute Gasteiger partial charge is 1.00 e. The Morgan fingerprint density at radius 2 is 1.90 bits per heavy atom. The third-order valence-electron chi connectivity index (χ3n) is 1.34. The molecule has 0 N–H and O–H groups in total. The molecular weight excluding hydrogens is 206 g/mol. The second-order valence-electron chi connectivity index (χ2n) is 2.09. The van der Waals surface area contributed by atoms with Crippen molar-refractivity contribution in [1.29, 1.82) is 0 Å². The Labute approximate surface area is 88.0 Å². The van der Waals surface area contributed by atoms with Gasteiger partial charge in [-0.2, -0.15) is 0 Å². The molecular formula is C6H10BrMgNO. The van der Waals surface area contributed by atoms with Crippen molar-refractivity contribution in [3.63, 3.8) is 0 Å². The predicted molar refractivity (Wildman–Crippen MR) is 36.5 cm³/mol. The molecule has 10 heavy (non-hydrogen) atoms. The SMILES string of the molecule is [Br-].[Mg+2].[O-]C1=NCCCCC1. The number of halogens is 1. The van der Waals surface area contributed by atoms with Gasteiger partial charge in [-0.3, -0.25) is 0 Å². The summed E-state index contributed by atoms with van der Waals surface area (Å²) in [5.74, 6) is 0.0995. The molecule has 1 heterocycles. The normalized spacial score (nSPS) is 17.4. The van der Waals surface area contributed by atoms with Crippen molar-refractivity contribution < 1.29 is 22.1 Å². The van der Waals surface area contributed by atoms with Gasteiger partial charge in [-0.15, -0.1) is 0 Å². The van der Waals surface area contributed by atoms with E-state index in [4.69, 9.17) is 0 Å². The van der Waals surface area contributed by atoms with Crippen LogP contribution in [0.3, 0.4) is 0 Å². The minimum Gasteiger partial charge on any atom is -1.00 e. The van der Waals surface area contributed by atoms with Crippen LogP contribution in [-0.2, 0) is 0 Å². The van der Waals surface area contributed by atoms with E-state index in [-0.39, 0.29) is 45.9 Å². The van der Waals surface area contributed by atoms with Crippen LogP contribution >= 0.6 is 0 Å². The minimum absolute atomic E-state index is 0. The van der Waals surface area contributed by atoms with Crippen molar-refractivity contribution in [2.75, 3.05) is 6.54 Å². The topological polar surface area (TPSA) is 35.4 Å². The Morgan fingerprint density at radius 1 is 1.20 bits per heavy atom. The van der Waals surface area contributed by atoms with E-state index in [1.807, 2.05) is 0 Å². The number of hydrogen-bond donors (Lipinski definition) is 0. The van der Waals surface area contributed by atoms with Gasteiger partial charge in [0.05, 0.1) is 0 Å². The van der Waals surface area contributed by atoms with Gasteiger partial charge < -0.3 is 27.1 Å². The van der Waals surface area contributed by atoms with Crippen LogP contribution in [0.5, 0.6) is 0 Å². The molecule has 0 atom stereocenters. The molecule has 0 aromatic heterocycles. The van der Waals surface area contributed by atoms with Crippen molar-refractivity contribution in [3.05, 3.63) is 0 Å². The molecule has 0 saturated carbocycles. The van der Waals surface area contributed by atoms with Crippen LogP contribution in [0.4, 0.5) is 0 Å². The Bertz CT molecular complexity index is 108. The van der Waals surface area contributed by atoms with E-state index in [0.717, 1.165) is 19.4 Å². The van der Waals surface area contributed by atoms with Crippen LogP contribution in [0, 0.1) is 0 Å². The summed E-state index contributed by atoms with van der Waals surface area (Å²) >= 11 is 0. The van der Waals surface area contributed by atoms with Crippen LogP contribution in [0.15, 0.2) is 4.99 Å². The quantitative estimate of drug-likeness (QED) is 0.396. The Kier molecular flexibility index (Phi) is 10.4. The molecule has 1 rings (SSSR count). The summed E-state index contributed by atoms with van der Waals surface area (Å²) in [6, 6.07) is 0. The summed E-state index contributed by atoms with van der Waals surface area (Å²) in [5.41, 5.74) is 0. The fraction of sp³-hybridized carbons (Fsp3) is 0.833. The number of hydrogen-bond acceptors (Lipinski definition) is 2. The van der Waals surface area contributed by atoms with Crippen LogP contribution in [-0.4, -0.2) is 35.5 Å². The molecule has 0 saturated heterocycles. The summed E-state index contributed by atoms with van der Waals surface area (Å²) in [6.07, 6.45) is 4.00. The molecule has 0 aliphatic carbocycles. The molecule has 2 nitrogen and oxygen atoms in total. The van der Waals surface area contributed by atoms with Gasteiger partial charge in [0.25, 0.3) is 0 Å². The van der Waals surface area contributed by atoms with Gasteiger partial charge in [-0.25, -0.2) is 0 Å². The van der Waals surface area contributed by atoms with E-state index in [1.54, 1.807) is 0 Å². The maximum Gasteiger partial charge on any atom is 2.00 e. The van der Waals surface area contributed by atoms with Gasteiger partial charge in [0, 0.05) is 6.54 Å². The first-order chi connectivity index (χ1) is 3.89. The molecule has 0 bridgehead atoms. The van der Waals surface area contributed by atoms with E-state index in [2.05, 4.69) is 4.99 Å². The van der Waals surface area contributed by atoms with Crippen molar-refractivity contribution in [3.8, 4) is 0 Å². The molecule has 0 aromatic carbocycles. The largest absolute Gasteiger partial charge is 2.00 e. The molecule has 54 valence electrons. The average Bonchev–Trinajstić information content (AvgIpc) is 1.94. The van der Waals surface area contributed by atoms with Crippen LogP contribution in [0.25, 0.3) is 0 Å². The fourth-order valence-electron chi connectivity index (χ4n) is 0.848. The maximum absolute atomic E-state index is 10.5. The van der Waals surface area contributed by atoms with Crippen LogP contribution in [0.2, 0.25) is 0 Å². The van der Waals surface area contributed by atoms with Crippen LogP contribution in [0.1, 0.15) is 25.7 Å². The van der Waals surface area contributed by atoms with Gasteiger partial charge >= 0.3 is 23.1 Å². The van der Waals surface area contributed by atoms with E-state index in [9.17, 15) is 5.11 Å². The summed E-state index contributed by atoms with van der Waals surface area (Å²) in [4.78, 5) is 3.78. The molecule has 0 amide bonds. The standard InChI is InChI=1S/C6H11NO.BrH.Mg/c8-6-4-2-1-3-5-7-6;;/h1-5H2,(H,7,8);1H;/q;;+2/p-2. The summed E-state index contributed by atoms with van der Waals surface area (Å²) < 4.78 is 0. The first kappa shape index (κ1) is 13.3. The predicted octanol–water partition coefficient (Wildman–Crippen LogP) is -3.06. The first-order valence-electron chi connectivity index (χ1n) is 3.10. The van der Waals surface area contributed by atoms with Crippen molar-refractivity contribution in [1.82, 2.24) is 0 Å². The number of aliphatic imine (C=N–C) groups is 1. The Morgan fingerprint density at radius 3 is 2.60 bits per heavy atom. The zero-order chi connectivity index (χ0) is 5.82.